The van der Waals surface area contributed by atoms with E-state index in [1.54, 1.807) is 6.07 Å². The molecule has 1 aliphatic carbocycles. The van der Waals surface area contributed by atoms with Crippen LogP contribution in [0.1, 0.15) is 47.1 Å². The van der Waals surface area contributed by atoms with Crippen LogP contribution in [-0.2, 0) is 17.5 Å². The van der Waals surface area contributed by atoms with E-state index in [0.29, 0.717) is 33.3 Å². The molecule has 1 saturated carbocycles. The molecule has 0 spiro atoms. The van der Waals surface area contributed by atoms with Crippen LogP contribution in [0.3, 0.4) is 0 Å². The number of hydrogen-bond acceptors (Lipinski definition) is 5. The van der Waals surface area contributed by atoms with Crippen LogP contribution < -0.4 is 10.9 Å². The summed E-state index contributed by atoms with van der Waals surface area (Å²) in [6.45, 7) is 2.04. The van der Waals surface area contributed by atoms with Crippen LogP contribution in [0.4, 0.5) is 19.0 Å². The first-order valence-corrected chi connectivity index (χ1v) is 13.1. The van der Waals surface area contributed by atoms with Crippen molar-refractivity contribution in [3.8, 4) is 11.3 Å². The Balaban J connectivity index is 1.49. The second kappa shape index (κ2) is 8.93. The number of alkyl halides is 3. The fraction of sp³-hybridized carbons (Fsp3) is 0.296. The van der Waals surface area contributed by atoms with E-state index in [1.165, 1.54) is 28.5 Å². The number of rotatable bonds is 6. The second-order valence-corrected chi connectivity index (χ2v) is 10.7. The van der Waals surface area contributed by atoms with Gasteiger partial charge in [0.25, 0.3) is 5.56 Å². The van der Waals surface area contributed by atoms with Crippen molar-refractivity contribution < 1.29 is 23.1 Å². The molecule has 1 aromatic carbocycles. The average molecular weight is 541 g/mol. The first kappa shape index (κ1) is 24.6. The Bertz CT molecular complexity index is 1660. The van der Waals surface area contributed by atoms with Crippen LogP contribution in [0, 0.1) is 6.92 Å². The van der Waals surface area contributed by atoms with Gasteiger partial charge in [-0.05, 0) is 66.6 Å². The van der Waals surface area contributed by atoms with E-state index in [4.69, 9.17) is 4.98 Å². The Morgan fingerprint density at radius 1 is 1.21 bits per heavy atom. The predicted octanol–water partition coefficient (Wildman–Crippen LogP) is 5.71. The monoisotopic (exact) mass is 540 g/mol. The molecule has 1 fully saturated rings. The number of thioether (sulfide) groups is 1. The normalized spacial score (nSPS) is 17.1. The molecule has 1 aliphatic heterocycles. The summed E-state index contributed by atoms with van der Waals surface area (Å²) < 4.78 is 43.0. The largest absolute Gasteiger partial charge is 0.480 e. The third-order valence-corrected chi connectivity index (χ3v) is 8.13. The minimum absolute atomic E-state index is 0.108. The number of carboxylic acid groups (broad SMARTS) is 1. The highest BCUT2D eigenvalue weighted by atomic mass is 32.2. The maximum atomic E-state index is 13.3. The summed E-state index contributed by atoms with van der Waals surface area (Å²) in [4.78, 5) is 29.9. The van der Waals surface area contributed by atoms with Crippen LogP contribution in [-0.4, -0.2) is 30.8 Å². The van der Waals surface area contributed by atoms with Crippen molar-refractivity contribution in [3.63, 3.8) is 0 Å². The van der Waals surface area contributed by atoms with E-state index >= 15 is 0 Å². The van der Waals surface area contributed by atoms with Gasteiger partial charge >= 0.3 is 12.1 Å². The van der Waals surface area contributed by atoms with Gasteiger partial charge in [0.15, 0.2) is 0 Å². The molecule has 4 aromatic rings. The number of aliphatic carboxylic acids is 1. The molecule has 2 aliphatic rings. The molecule has 1 atom stereocenters. The highest BCUT2D eigenvalue weighted by molar-refractivity contribution is 7.99. The summed E-state index contributed by atoms with van der Waals surface area (Å²) in [5.74, 6) is -0.0191. The number of halogens is 3. The molecular formula is C27H23F3N4O3S. The zero-order valence-corrected chi connectivity index (χ0v) is 21.1. The molecule has 0 radical (unpaired) electrons. The first-order valence-electron chi connectivity index (χ1n) is 12.2. The van der Waals surface area contributed by atoms with Gasteiger partial charge in [0.1, 0.15) is 23.2 Å². The first-order chi connectivity index (χ1) is 18.1. The molecule has 1 unspecified atom stereocenters. The lowest BCUT2D eigenvalue weighted by Gasteiger charge is -2.17. The summed E-state index contributed by atoms with van der Waals surface area (Å²) >= 11 is 1.37. The number of imidazole rings is 1. The van der Waals surface area contributed by atoms with Gasteiger partial charge in [0.05, 0.1) is 10.6 Å². The van der Waals surface area contributed by atoms with Crippen LogP contribution in [0.2, 0.25) is 0 Å². The lowest BCUT2D eigenvalue weighted by Crippen LogP contribution is -2.29. The third kappa shape index (κ3) is 4.24. The third-order valence-electron chi connectivity index (χ3n) is 6.96. The zero-order valence-electron chi connectivity index (χ0n) is 20.2. The minimum atomic E-state index is -4.45. The fourth-order valence-electron chi connectivity index (χ4n) is 4.98. The topological polar surface area (TPSA) is 88.6 Å². The van der Waals surface area contributed by atoms with Gasteiger partial charge in [-0.25, -0.2) is 9.78 Å². The summed E-state index contributed by atoms with van der Waals surface area (Å²) in [6, 6.07) is 9.48. The fourth-order valence-corrected chi connectivity index (χ4v) is 6.38. The van der Waals surface area contributed by atoms with Gasteiger partial charge in [0.2, 0.25) is 0 Å². The highest BCUT2D eigenvalue weighted by Gasteiger charge is 2.39. The summed E-state index contributed by atoms with van der Waals surface area (Å²) in [6.07, 6.45) is -0.757. The number of fused-ring (bicyclic) bond motifs is 2. The van der Waals surface area contributed by atoms with Crippen LogP contribution >= 0.6 is 11.8 Å². The van der Waals surface area contributed by atoms with E-state index in [1.807, 2.05) is 29.7 Å². The van der Waals surface area contributed by atoms with Gasteiger partial charge < -0.3 is 10.4 Å². The molecule has 6 rings (SSSR count). The molecule has 196 valence electrons. The molecule has 3 aromatic heterocycles. The minimum Gasteiger partial charge on any atom is -0.480 e. The highest BCUT2D eigenvalue weighted by Crippen LogP contribution is 2.51. The van der Waals surface area contributed by atoms with Crippen molar-refractivity contribution >= 4 is 29.2 Å². The lowest BCUT2D eigenvalue weighted by atomic mass is 10.0. The van der Waals surface area contributed by atoms with Crippen LogP contribution in [0.5, 0.6) is 0 Å². The molecule has 7 nitrogen and oxygen atoms in total. The van der Waals surface area contributed by atoms with Crippen LogP contribution in [0.15, 0.2) is 58.5 Å². The van der Waals surface area contributed by atoms with Crippen molar-refractivity contribution in [3.05, 3.63) is 81.3 Å². The van der Waals surface area contributed by atoms with E-state index in [0.717, 1.165) is 36.1 Å². The molecule has 11 heteroatoms. The number of nitrogens with zero attached hydrogens (tertiary/aromatic N) is 3. The summed E-state index contributed by atoms with van der Waals surface area (Å²) in [5.41, 5.74) is 3.00. The van der Waals surface area contributed by atoms with Crippen LogP contribution in [0.25, 0.3) is 16.9 Å². The molecular weight excluding hydrogens is 517 g/mol. The number of pyridine rings is 2. The number of hydrogen-bond donors (Lipinski definition) is 2. The number of aromatic nitrogens is 3. The van der Waals surface area contributed by atoms with Gasteiger partial charge in [0, 0.05) is 30.1 Å². The van der Waals surface area contributed by atoms with E-state index in [-0.39, 0.29) is 18.2 Å². The maximum absolute atomic E-state index is 13.3. The quantitative estimate of drug-likeness (QED) is 0.326. The van der Waals surface area contributed by atoms with Crippen molar-refractivity contribution in [2.24, 2.45) is 0 Å². The van der Waals surface area contributed by atoms with Crippen molar-refractivity contribution in [1.82, 2.24) is 14.0 Å². The van der Waals surface area contributed by atoms with E-state index in [9.17, 15) is 27.9 Å². The van der Waals surface area contributed by atoms with Crippen molar-refractivity contribution in [2.75, 3.05) is 11.1 Å². The SMILES string of the molecule is Cc1ccn2c(NCc3cccc(C(F)(F)F)c3)c(-c3cc(=O)n4c(c3C3CC3)SCC4C(=O)O)nc2c1. The lowest BCUT2D eigenvalue weighted by molar-refractivity contribution is -0.140. The number of anilines is 1. The van der Waals surface area contributed by atoms with Gasteiger partial charge in [-0.3, -0.25) is 13.8 Å². The van der Waals surface area contributed by atoms with Gasteiger partial charge in [-0.15, -0.1) is 11.8 Å². The molecule has 38 heavy (non-hydrogen) atoms. The van der Waals surface area contributed by atoms with Gasteiger partial charge in [-0.1, -0.05) is 12.1 Å². The Labute approximate surface area is 219 Å². The van der Waals surface area contributed by atoms with E-state index < -0.39 is 29.3 Å². The van der Waals surface area contributed by atoms with E-state index in [2.05, 4.69) is 5.32 Å². The average Bonchev–Trinajstić information content (AvgIpc) is 3.48. The summed E-state index contributed by atoms with van der Waals surface area (Å²) in [7, 11) is 0. The Morgan fingerprint density at radius 3 is 2.71 bits per heavy atom. The molecule has 4 heterocycles. The summed E-state index contributed by atoms with van der Waals surface area (Å²) in [5, 5.41) is 13.6. The second-order valence-electron chi connectivity index (χ2n) is 9.72. The van der Waals surface area contributed by atoms with Crippen molar-refractivity contribution in [1.29, 1.82) is 0 Å². The standard InChI is InChI=1S/C27H23F3N4O3S/c1-14-7-8-33-20(9-14)32-23(24(33)31-12-15-3-2-4-17(10-15)27(28,29)30)18-11-21(35)34-19(26(36)37)13-38-25(34)22(18)16-5-6-16/h2-4,7-11,16,19,31H,5-6,12-13H2,1H3,(H,36,37). The molecule has 0 bridgehead atoms. The Kier molecular flexibility index (Phi) is 5.78. The number of aryl methyl sites for hydroxylation is 1. The predicted molar refractivity (Wildman–Crippen MR) is 138 cm³/mol. The molecule has 0 amide bonds. The Morgan fingerprint density at radius 2 is 2.00 bits per heavy atom. The number of nitrogens with one attached hydrogen (secondary N) is 1. The molecule has 2 N–H and O–H groups in total. The zero-order chi connectivity index (χ0) is 26.8. The van der Waals surface area contributed by atoms with Crippen molar-refractivity contribution in [2.45, 2.75) is 49.5 Å². The smallest absolute Gasteiger partial charge is 0.416 e. The number of benzene rings is 1. The number of carboxylic acids is 1. The molecule has 0 saturated heterocycles. The number of carbonyl (C=O) groups is 1. The maximum Gasteiger partial charge on any atom is 0.416 e. The Hall–Kier alpha value is -3.73. The van der Waals surface area contributed by atoms with Gasteiger partial charge in [-0.2, -0.15) is 13.2 Å².